The summed E-state index contributed by atoms with van der Waals surface area (Å²) in [6, 6.07) is 6.27. The van der Waals surface area contributed by atoms with E-state index < -0.39 is 0 Å². The number of amides is 1. The molecule has 1 aromatic carbocycles. The largest absolute Gasteiger partial charge is 0.348 e. The number of carbonyl (C=O) groups is 1. The second kappa shape index (κ2) is 5.28. The van der Waals surface area contributed by atoms with Crippen LogP contribution >= 0.6 is 11.3 Å². The molecule has 23 heavy (non-hydrogen) atoms. The van der Waals surface area contributed by atoms with Crippen molar-refractivity contribution in [3.63, 3.8) is 0 Å². The molecular formula is C18H21N3OS. The van der Waals surface area contributed by atoms with Crippen LogP contribution in [0.2, 0.25) is 0 Å². The molecular weight excluding hydrogens is 306 g/mol. The number of aromatic nitrogens is 1. The van der Waals surface area contributed by atoms with Crippen LogP contribution in [0.4, 0.5) is 0 Å². The molecule has 3 atom stereocenters. The van der Waals surface area contributed by atoms with E-state index >= 15 is 0 Å². The van der Waals surface area contributed by atoms with E-state index in [1.807, 2.05) is 12.1 Å². The average Bonchev–Trinajstić information content (AvgIpc) is 3.23. The number of nitrogens with zero attached hydrogens (tertiary/aromatic N) is 2. The first-order valence-corrected chi connectivity index (χ1v) is 9.50. The Kier molecular flexibility index (Phi) is 3.20. The lowest BCUT2D eigenvalue weighted by atomic mass is 9.96. The molecule has 1 aromatic heterocycles. The van der Waals surface area contributed by atoms with E-state index in [4.69, 9.17) is 4.98 Å². The summed E-state index contributed by atoms with van der Waals surface area (Å²) in [5.41, 5.74) is 1.73. The van der Waals surface area contributed by atoms with Gasteiger partial charge >= 0.3 is 0 Å². The number of benzene rings is 1. The molecule has 5 heteroatoms. The first-order chi connectivity index (χ1) is 11.2. The van der Waals surface area contributed by atoms with Crippen molar-refractivity contribution >= 4 is 27.5 Å². The molecule has 1 aliphatic carbocycles. The minimum Gasteiger partial charge on any atom is -0.348 e. The van der Waals surface area contributed by atoms with Gasteiger partial charge in [-0.15, -0.1) is 11.3 Å². The number of hydrogen-bond acceptors (Lipinski definition) is 4. The highest BCUT2D eigenvalue weighted by Gasteiger charge is 2.33. The number of fused-ring (bicyclic) bond motifs is 3. The molecule has 0 radical (unpaired) electrons. The van der Waals surface area contributed by atoms with Gasteiger partial charge in [0.15, 0.2) is 0 Å². The number of carbonyl (C=O) groups excluding carboxylic acids is 1. The van der Waals surface area contributed by atoms with Gasteiger partial charge < -0.3 is 10.2 Å². The van der Waals surface area contributed by atoms with Gasteiger partial charge in [0.05, 0.1) is 15.2 Å². The van der Waals surface area contributed by atoms with Crippen LogP contribution in [0.25, 0.3) is 10.2 Å². The Hall–Kier alpha value is -1.46. The number of rotatable bonds is 3. The molecule has 1 N–H and O–H groups in total. The molecule has 120 valence electrons. The highest BCUT2D eigenvalue weighted by molar-refractivity contribution is 7.18. The second-order valence-electron chi connectivity index (χ2n) is 7.33. The van der Waals surface area contributed by atoms with Crippen LogP contribution in [0.5, 0.6) is 0 Å². The van der Waals surface area contributed by atoms with Crippen molar-refractivity contribution < 1.29 is 4.79 Å². The third-order valence-electron chi connectivity index (χ3n) is 5.39. The van der Waals surface area contributed by atoms with Gasteiger partial charge in [0.2, 0.25) is 0 Å². The summed E-state index contributed by atoms with van der Waals surface area (Å²) in [6.07, 6.45) is 4.97. The fraction of sp³-hybridized carbons (Fsp3) is 0.556. The third-order valence-corrected chi connectivity index (χ3v) is 6.59. The molecule has 3 heterocycles. The van der Waals surface area contributed by atoms with E-state index in [2.05, 4.69) is 16.3 Å². The lowest BCUT2D eigenvalue weighted by Crippen LogP contribution is -2.47. The quantitative estimate of drug-likeness (QED) is 0.942. The molecule has 2 saturated heterocycles. The van der Waals surface area contributed by atoms with Crippen molar-refractivity contribution in [2.45, 2.75) is 37.6 Å². The maximum Gasteiger partial charge on any atom is 0.251 e. The van der Waals surface area contributed by atoms with Gasteiger partial charge in [-0.1, -0.05) is 0 Å². The number of hydrogen-bond donors (Lipinski definition) is 1. The minimum atomic E-state index is 0.0559. The highest BCUT2D eigenvalue weighted by atomic mass is 32.1. The van der Waals surface area contributed by atoms with Gasteiger partial charge in [-0.25, -0.2) is 4.98 Å². The molecule has 2 aliphatic heterocycles. The Balaban J connectivity index is 1.33. The monoisotopic (exact) mass is 327 g/mol. The van der Waals surface area contributed by atoms with Crippen LogP contribution in [0.3, 0.4) is 0 Å². The zero-order chi connectivity index (χ0) is 15.4. The maximum atomic E-state index is 12.6. The standard InChI is InChI=1S/C18H21N3OS/c22-17(19-14-7-11-5-6-21(9-11)10-14)13-3-4-16-15(8-13)20-18(23-16)12-1-2-12/h3-4,8,11-12,14H,1-2,5-7,9-10H2,(H,19,22)/t11-,14-/m1/s1. The average molecular weight is 327 g/mol. The zero-order valence-electron chi connectivity index (χ0n) is 13.1. The first-order valence-electron chi connectivity index (χ1n) is 8.68. The summed E-state index contributed by atoms with van der Waals surface area (Å²) in [5.74, 6) is 1.51. The van der Waals surface area contributed by atoms with Crippen molar-refractivity contribution in [3.05, 3.63) is 28.8 Å². The maximum absolute atomic E-state index is 12.6. The number of thiazole rings is 1. The molecule has 0 spiro atoms. The van der Waals surface area contributed by atoms with Crippen molar-refractivity contribution in [3.8, 4) is 0 Å². The third kappa shape index (κ3) is 2.66. The van der Waals surface area contributed by atoms with Crippen LogP contribution in [-0.2, 0) is 0 Å². The molecule has 5 rings (SSSR count). The van der Waals surface area contributed by atoms with Crippen LogP contribution in [0.1, 0.15) is 47.0 Å². The summed E-state index contributed by atoms with van der Waals surface area (Å²) in [4.78, 5) is 19.8. The molecule has 3 fully saturated rings. The van der Waals surface area contributed by atoms with Gasteiger partial charge in [-0.2, -0.15) is 0 Å². The zero-order valence-corrected chi connectivity index (χ0v) is 13.9. The SMILES string of the molecule is O=C(N[C@@H]1C[C@H]2CCN(C2)C1)c1ccc2sc(C3CC3)nc2c1. The van der Waals surface area contributed by atoms with Gasteiger partial charge in [0, 0.05) is 30.6 Å². The normalized spacial score (nSPS) is 29.8. The van der Waals surface area contributed by atoms with E-state index in [0.29, 0.717) is 12.0 Å². The lowest BCUT2D eigenvalue weighted by Gasteiger charge is -2.30. The number of nitrogens with one attached hydrogen (secondary N) is 1. The van der Waals surface area contributed by atoms with Gasteiger partial charge in [-0.3, -0.25) is 4.79 Å². The summed E-state index contributed by atoms with van der Waals surface area (Å²) in [6.45, 7) is 3.43. The lowest BCUT2D eigenvalue weighted by molar-refractivity contribution is 0.0909. The van der Waals surface area contributed by atoms with Crippen LogP contribution in [0, 0.1) is 5.92 Å². The Morgan fingerprint density at radius 2 is 2.17 bits per heavy atom. The molecule has 2 aromatic rings. The van der Waals surface area contributed by atoms with Gasteiger partial charge in [0.1, 0.15) is 0 Å². The Morgan fingerprint density at radius 1 is 1.26 bits per heavy atom. The summed E-state index contributed by atoms with van der Waals surface area (Å²) < 4.78 is 1.20. The molecule has 2 bridgehead atoms. The predicted octanol–water partition coefficient (Wildman–Crippen LogP) is 3.00. The van der Waals surface area contributed by atoms with Gasteiger partial charge in [0.25, 0.3) is 5.91 Å². The van der Waals surface area contributed by atoms with E-state index in [1.165, 1.54) is 42.1 Å². The highest BCUT2D eigenvalue weighted by Crippen LogP contribution is 2.43. The Bertz CT molecular complexity index is 755. The molecule has 4 nitrogen and oxygen atoms in total. The summed E-state index contributed by atoms with van der Waals surface area (Å²) >= 11 is 1.78. The minimum absolute atomic E-state index is 0.0559. The van der Waals surface area contributed by atoms with E-state index in [0.717, 1.165) is 30.0 Å². The van der Waals surface area contributed by atoms with Crippen molar-refractivity contribution in [2.24, 2.45) is 5.92 Å². The molecule has 1 unspecified atom stereocenters. The van der Waals surface area contributed by atoms with E-state index in [9.17, 15) is 4.79 Å². The van der Waals surface area contributed by atoms with E-state index in [1.54, 1.807) is 11.3 Å². The summed E-state index contributed by atoms with van der Waals surface area (Å²) in [5, 5.41) is 4.48. The van der Waals surface area contributed by atoms with Crippen molar-refractivity contribution in [1.82, 2.24) is 15.2 Å². The molecule has 1 saturated carbocycles. The van der Waals surface area contributed by atoms with Crippen molar-refractivity contribution in [1.29, 1.82) is 0 Å². The van der Waals surface area contributed by atoms with Gasteiger partial charge in [-0.05, 0) is 56.3 Å². The topological polar surface area (TPSA) is 45.2 Å². The first kappa shape index (κ1) is 13.9. The molecule has 1 amide bonds. The summed E-state index contributed by atoms with van der Waals surface area (Å²) in [7, 11) is 0. The Morgan fingerprint density at radius 3 is 3.00 bits per heavy atom. The van der Waals surface area contributed by atoms with Crippen LogP contribution in [0.15, 0.2) is 18.2 Å². The number of piperidine rings is 1. The molecule has 3 aliphatic rings. The van der Waals surface area contributed by atoms with Crippen LogP contribution in [-0.4, -0.2) is 41.5 Å². The van der Waals surface area contributed by atoms with Crippen LogP contribution < -0.4 is 5.32 Å². The van der Waals surface area contributed by atoms with Crippen molar-refractivity contribution in [2.75, 3.05) is 19.6 Å². The van der Waals surface area contributed by atoms with E-state index in [-0.39, 0.29) is 5.91 Å². The second-order valence-corrected chi connectivity index (χ2v) is 8.39. The Labute approximate surface area is 139 Å². The predicted molar refractivity (Wildman–Crippen MR) is 92.0 cm³/mol. The fourth-order valence-electron chi connectivity index (χ4n) is 4.02. The smallest absolute Gasteiger partial charge is 0.251 e. The fourth-order valence-corrected chi connectivity index (χ4v) is 5.14.